The van der Waals surface area contributed by atoms with Crippen molar-refractivity contribution < 1.29 is 4.42 Å². The average Bonchev–Trinajstić information content (AvgIpc) is 4.01. The molecule has 3 heterocycles. The second-order valence-electron chi connectivity index (χ2n) is 14.9. The quantitative estimate of drug-likeness (QED) is 0.178. The molecule has 0 amide bonds. The minimum Gasteiger partial charge on any atom is -0.456 e. The molecular formula is C52H35N3O. The number of imidazole rings is 1. The van der Waals surface area contributed by atoms with Crippen molar-refractivity contribution in [1.29, 1.82) is 0 Å². The summed E-state index contributed by atoms with van der Waals surface area (Å²) in [7, 11) is 0. The van der Waals surface area contributed by atoms with Crippen LogP contribution in [0, 0.1) is 0 Å². The van der Waals surface area contributed by atoms with Gasteiger partial charge in [-0.2, -0.15) is 0 Å². The van der Waals surface area contributed by atoms with Gasteiger partial charge in [0, 0.05) is 45.1 Å². The molecule has 0 N–H and O–H groups in total. The van der Waals surface area contributed by atoms with Gasteiger partial charge in [0.15, 0.2) is 0 Å². The van der Waals surface area contributed by atoms with E-state index in [0.717, 1.165) is 67.6 Å². The summed E-state index contributed by atoms with van der Waals surface area (Å²) >= 11 is 0. The van der Waals surface area contributed by atoms with E-state index in [2.05, 4.69) is 198 Å². The summed E-state index contributed by atoms with van der Waals surface area (Å²) in [6, 6.07) is 66.0. The van der Waals surface area contributed by atoms with E-state index in [1.807, 2.05) is 0 Å². The van der Waals surface area contributed by atoms with Gasteiger partial charge >= 0.3 is 0 Å². The minimum absolute atomic E-state index is 0.628. The Morgan fingerprint density at radius 1 is 0.554 bits per heavy atom. The van der Waals surface area contributed by atoms with Crippen LogP contribution in [-0.4, -0.2) is 14.1 Å². The highest BCUT2D eigenvalue weighted by molar-refractivity contribution is 6.31. The van der Waals surface area contributed by atoms with E-state index in [1.54, 1.807) is 0 Å². The van der Waals surface area contributed by atoms with Gasteiger partial charge in [-0.05, 0) is 64.7 Å². The largest absolute Gasteiger partial charge is 0.456 e. The van der Waals surface area contributed by atoms with E-state index < -0.39 is 5.41 Å². The van der Waals surface area contributed by atoms with E-state index in [9.17, 15) is 0 Å². The molecule has 264 valence electrons. The van der Waals surface area contributed by atoms with Crippen LogP contribution in [0.1, 0.15) is 35.0 Å². The molecule has 4 heteroatoms. The van der Waals surface area contributed by atoms with Gasteiger partial charge in [-0.15, -0.1) is 0 Å². The van der Waals surface area contributed by atoms with E-state index in [4.69, 9.17) is 9.40 Å². The Kier molecular flexibility index (Phi) is 6.50. The molecule has 8 aromatic carbocycles. The molecule has 1 aliphatic carbocycles. The molecule has 56 heavy (non-hydrogen) atoms. The Bertz CT molecular complexity index is 3310. The third-order valence-corrected chi connectivity index (χ3v) is 12.1. The van der Waals surface area contributed by atoms with Gasteiger partial charge in [-0.25, -0.2) is 4.98 Å². The van der Waals surface area contributed by atoms with Gasteiger partial charge in [0.1, 0.15) is 17.0 Å². The van der Waals surface area contributed by atoms with Crippen molar-refractivity contribution in [2.24, 2.45) is 0 Å². The molecule has 1 aliphatic rings. The van der Waals surface area contributed by atoms with Crippen molar-refractivity contribution in [2.45, 2.75) is 18.8 Å². The van der Waals surface area contributed by atoms with Crippen molar-refractivity contribution in [2.75, 3.05) is 0 Å². The lowest BCUT2D eigenvalue weighted by molar-refractivity contribution is 0.650. The maximum Gasteiger partial charge on any atom is 0.142 e. The molecule has 0 aliphatic heterocycles. The highest BCUT2D eigenvalue weighted by atomic mass is 16.3. The Labute approximate surface area is 323 Å². The number of hydrogen-bond acceptors (Lipinski definition) is 2. The van der Waals surface area contributed by atoms with Gasteiger partial charge in [0.2, 0.25) is 0 Å². The zero-order valence-corrected chi connectivity index (χ0v) is 30.8. The number of nitrogens with zero attached hydrogens (tertiary/aromatic N) is 3. The molecular weight excluding hydrogens is 683 g/mol. The standard InChI is InChI=1S/C52H35N3O/c1-2-45-53-41-28-13-15-30-43(41)54(45)35-22-17-23-36(32-35)55-42-29-14-10-25-38(42)47-46-37-24-9-12-27-40(37)52(33-18-5-3-6-19-33,34-20-7-4-8-21-34)49(46)51-48(50(47)55)39-26-11-16-31-44(39)56-51/h3-32H,2H2,1H3. The molecule has 0 unspecified atom stereocenters. The minimum atomic E-state index is -0.628. The molecule has 12 rings (SSSR count). The van der Waals surface area contributed by atoms with Crippen molar-refractivity contribution in [3.05, 3.63) is 210 Å². The van der Waals surface area contributed by atoms with E-state index in [1.165, 1.54) is 44.2 Å². The number of aryl methyl sites for hydroxylation is 1. The van der Waals surface area contributed by atoms with Gasteiger partial charge in [0.25, 0.3) is 0 Å². The maximum atomic E-state index is 7.26. The molecule has 3 aromatic heterocycles. The third-order valence-electron chi connectivity index (χ3n) is 12.1. The molecule has 0 radical (unpaired) electrons. The predicted molar refractivity (Wildman–Crippen MR) is 229 cm³/mol. The molecule has 0 spiro atoms. The van der Waals surface area contributed by atoms with E-state index in [-0.39, 0.29) is 0 Å². The molecule has 0 saturated heterocycles. The van der Waals surface area contributed by atoms with Crippen LogP contribution in [0.4, 0.5) is 0 Å². The summed E-state index contributed by atoms with van der Waals surface area (Å²) in [5, 5.41) is 4.69. The summed E-state index contributed by atoms with van der Waals surface area (Å²) in [6.07, 6.45) is 0.825. The third kappa shape index (κ3) is 4.00. The second kappa shape index (κ2) is 11.7. The van der Waals surface area contributed by atoms with Crippen LogP contribution in [0.3, 0.4) is 0 Å². The van der Waals surface area contributed by atoms with Crippen LogP contribution in [0.25, 0.3) is 77.3 Å². The number of hydrogen-bond donors (Lipinski definition) is 0. The highest BCUT2D eigenvalue weighted by Gasteiger charge is 2.50. The fourth-order valence-electron chi connectivity index (χ4n) is 10.00. The summed E-state index contributed by atoms with van der Waals surface area (Å²) < 4.78 is 12.1. The summed E-state index contributed by atoms with van der Waals surface area (Å²) in [6.45, 7) is 2.18. The number of rotatable bonds is 5. The van der Waals surface area contributed by atoms with Crippen LogP contribution in [0.2, 0.25) is 0 Å². The predicted octanol–water partition coefficient (Wildman–Crippen LogP) is 12.9. The number of benzene rings is 8. The first-order chi connectivity index (χ1) is 27.8. The van der Waals surface area contributed by atoms with Crippen LogP contribution in [0.15, 0.2) is 186 Å². The zero-order valence-electron chi connectivity index (χ0n) is 30.8. The summed E-state index contributed by atoms with van der Waals surface area (Å²) in [4.78, 5) is 5.04. The lowest BCUT2D eigenvalue weighted by Crippen LogP contribution is -2.28. The highest BCUT2D eigenvalue weighted by Crippen LogP contribution is 2.62. The Morgan fingerprint density at radius 2 is 1.18 bits per heavy atom. The van der Waals surface area contributed by atoms with Crippen LogP contribution < -0.4 is 0 Å². The summed E-state index contributed by atoms with van der Waals surface area (Å²) in [5.41, 5.74) is 15.1. The fourth-order valence-corrected chi connectivity index (χ4v) is 10.00. The lowest BCUT2D eigenvalue weighted by atomic mass is 9.67. The fraction of sp³-hybridized carbons (Fsp3) is 0.0577. The molecule has 0 atom stereocenters. The topological polar surface area (TPSA) is 35.9 Å². The average molecular weight is 718 g/mol. The Balaban J connectivity index is 1.30. The van der Waals surface area contributed by atoms with Gasteiger partial charge in [0.05, 0.1) is 32.9 Å². The van der Waals surface area contributed by atoms with Crippen molar-refractivity contribution in [1.82, 2.24) is 14.1 Å². The Morgan fingerprint density at radius 3 is 1.95 bits per heavy atom. The van der Waals surface area contributed by atoms with Crippen LogP contribution >= 0.6 is 0 Å². The van der Waals surface area contributed by atoms with Crippen LogP contribution in [0.5, 0.6) is 0 Å². The first-order valence-corrected chi connectivity index (χ1v) is 19.5. The molecule has 0 saturated carbocycles. The first-order valence-electron chi connectivity index (χ1n) is 19.5. The normalized spacial score (nSPS) is 13.3. The number of aromatic nitrogens is 3. The van der Waals surface area contributed by atoms with E-state index in [0.29, 0.717) is 0 Å². The molecule has 11 aromatic rings. The molecule has 4 nitrogen and oxygen atoms in total. The molecule has 0 bridgehead atoms. The smallest absolute Gasteiger partial charge is 0.142 e. The zero-order chi connectivity index (χ0) is 37.0. The van der Waals surface area contributed by atoms with Gasteiger partial charge in [-0.1, -0.05) is 146 Å². The summed E-state index contributed by atoms with van der Waals surface area (Å²) in [5.74, 6) is 1.04. The Hall–Kier alpha value is -7.17. The first kappa shape index (κ1) is 31.2. The monoisotopic (exact) mass is 717 g/mol. The van der Waals surface area contributed by atoms with Crippen molar-refractivity contribution in [3.63, 3.8) is 0 Å². The van der Waals surface area contributed by atoms with Crippen molar-refractivity contribution >= 4 is 54.8 Å². The number of furan rings is 1. The number of para-hydroxylation sites is 4. The van der Waals surface area contributed by atoms with Gasteiger partial charge < -0.3 is 8.98 Å². The van der Waals surface area contributed by atoms with Crippen molar-refractivity contribution in [3.8, 4) is 22.5 Å². The number of fused-ring (bicyclic) bond motifs is 13. The SMILES string of the molecule is CCc1nc2ccccc2n1-c1cccc(-n2c3ccccc3c3c4c(c5oc6ccccc6c5c32)C(c2ccccc2)(c2ccccc2)c2ccccc2-4)c1. The second-order valence-corrected chi connectivity index (χ2v) is 14.9. The van der Waals surface area contributed by atoms with E-state index >= 15 is 0 Å². The molecule has 0 fully saturated rings. The maximum absolute atomic E-state index is 7.26. The van der Waals surface area contributed by atoms with Crippen LogP contribution in [-0.2, 0) is 11.8 Å². The lowest BCUT2D eigenvalue weighted by Gasteiger charge is -2.33. The van der Waals surface area contributed by atoms with Gasteiger partial charge in [-0.3, -0.25) is 4.57 Å².